The van der Waals surface area contributed by atoms with Crippen LogP contribution in [0.15, 0.2) is 23.0 Å². The molecule has 1 fully saturated rings. The van der Waals surface area contributed by atoms with E-state index < -0.39 is 81.6 Å². The highest BCUT2D eigenvalue weighted by atomic mass is 35.5. The summed E-state index contributed by atoms with van der Waals surface area (Å²) in [5.41, 5.74) is 1.73. The number of likely N-dealkylation sites (N-methyl/N-ethyl adjacent to an activating group) is 1. The number of urea groups is 1. The molecule has 4 amide bonds. The maximum atomic E-state index is 14.0. The number of fused-ring (bicyclic) bond motifs is 3. The first-order valence-corrected chi connectivity index (χ1v) is 13.0. The molecule has 14 nitrogen and oxygen atoms in total. The van der Waals surface area contributed by atoms with Crippen molar-refractivity contribution in [3.8, 4) is 5.75 Å². The minimum Gasteiger partial charge on any atom is -0.508 e. The molecule has 8 N–H and O–H groups in total. The first kappa shape index (κ1) is 29.8. The summed E-state index contributed by atoms with van der Waals surface area (Å²) >= 11 is 5.41. The first-order valence-electron chi connectivity index (χ1n) is 12.5. The Morgan fingerprint density at radius 3 is 2.32 bits per heavy atom. The number of carbonyl (C=O) groups is 5. The van der Waals surface area contributed by atoms with Crippen molar-refractivity contribution in [1.82, 2.24) is 10.2 Å². The third-order valence-corrected chi connectivity index (χ3v) is 8.04. The van der Waals surface area contributed by atoms with Gasteiger partial charge in [0.2, 0.25) is 11.7 Å². The van der Waals surface area contributed by atoms with Gasteiger partial charge < -0.3 is 36.4 Å². The standard InChI is InChI=1S/C26H30ClN5O9/c1-31(2)13-7-12(29-25(40)30-14(33)8-27)19(34)16-10(13)5-9-6-11-18(32(3)4)21(36)17(24(28)39)23(38)26(11,41)22(37)15(9)20(16)35/h7,9,11,18,34-35,38,41H,5-6,8H2,1-4H3,(H2,28,39)(H2,29,30,33,40)/t9-,11-,18-,26-/m1/s1. The molecule has 41 heavy (non-hydrogen) atoms. The summed E-state index contributed by atoms with van der Waals surface area (Å²) in [5.74, 6) is -9.15. The largest absolute Gasteiger partial charge is 0.508 e. The molecular weight excluding hydrogens is 562 g/mol. The van der Waals surface area contributed by atoms with Crippen LogP contribution in [0.5, 0.6) is 5.75 Å². The SMILES string of the molecule is CN(C)c1cc(NC(=O)NC(=O)CCl)c(O)c2c1C[C@@H]1C[C@@H]3[C@@H](N(C)C)C(=O)C(C(N)=O)=C(O)[C@]3(O)C(=O)C1=C2O. The zero-order chi connectivity index (χ0) is 30.7. The number of halogens is 1. The number of hydrogen-bond donors (Lipinski definition) is 7. The van der Waals surface area contributed by atoms with Gasteiger partial charge in [-0.2, -0.15) is 0 Å². The Bertz CT molecular complexity index is 1470. The Balaban J connectivity index is 1.93. The highest BCUT2D eigenvalue weighted by Gasteiger charge is 2.64. The molecule has 220 valence electrons. The number of alkyl halides is 1. The Morgan fingerprint density at radius 1 is 1.15 bits per heavy atom. The topological polar surface area (TPSA) is 223 Å². The van der Waals surface area contributed by atoms with Gasteiger partial charge in [0, 0.05) is 31.3 Å². The van der Waals surface area contributed by atoms with Gasteiger partial charge in [-0.1, -0.05) is 0 Å². The fourth-order valence-electron chi connectivity index (χ4n) is 6.10. The van der Waals surface area contributed by atoms with Gasteiger partial charge >= 0.3 is 6.03 Å². The van der Waals surface area contributed by atoms with Crippen molar-refractivity contribution in [1.29, 1.82) is 0 Å². The van der Waals surface area contributed by atoms with Gasteiger partial charge in [-0.25, -0.2) is 4.79 Å². The van der Waals surface area contributed by atoms with Crippen molar-refractivity contribution < 1.29 is 44.4 Å². The average Bonchev–Trinajstić information content (AvgIpc) is 2.87. The van der Waals surface area contributed by atoms with Crippen LogP contribution < -0.4 is 21.3 Å². The van der Waals surface area contributed by atoms with E-state index in [-0.39, 0.29) is 29.7 Å². The van der Waals surface area contributed by atoms with Crippen LogP contribution in [0.3, 0.4) is 0 Å². The number of Topliss-reactive ketones (excluding diaryl/α,β-unsaturated/α-hetero) is 2. The quantitative estimate of drug-likeness (QED) is 0.136. The number of imide groups is 1. The van der Waals surface area contributed by atoms with E-state index >= 15 is 0 Å². The van der Waals surface area contributed by atoms with Crippen molar-refractivity contribution >= 4 is 58.1 Å². The van der Waals surface area contributed by atoms with E-state index in [1.807, 2.05) is 5.32 Å². The molecule has 0 unspecified atom stereocenters. The lowest BCUT2D eigenvalue weighted by Crippen LogP contribution is -2.65. The Labute approximate surface area is 239 Å². The summed E-state index contributed by atoms with van der Waals surface area (Å²) in [6.45, 7) is 0. The highest BCUT2D eigenvalue weighted by Crippen LogP contribution is 2.54. The summed E-state index contributed by atoms with van der Waals surface area (Å²) in [6.07, 6.45) is -0.00480. The molecule has 15 heteroatoms. The summed E-state index contributed by atoms with van der Waals surface area (Å²) in [5, 5.41) is 49.5. The number of phenolic OH excluding ortho intramolecular Hbond substituents is 1. The van der Waals surface area contributed by atoms with Gasteiger partial charge in [-0.15, -0.1) is 11.6 Å². The second kappa shape index (κ2) is 10.4. The van der Waals surface area contributed by atoms with Crippen LogP contribution in [-0.4, -0.2) is 100 Å². The molecule has 3 aliphatic rings. The lowest BCUT2D eigenvalue weighted by Gasteiger charge is -2.50. The van der Waals surface area contributed by atoms with E-state index in [1.54, 1.807) is 19.0 Å². The van der Waals surface area contributed by atoms with E-state index in [0.717, 1.165) is 0 Å². The third kappa shape index (κ3) is 4.47. The molecule has 0 aromatic heterocycles. The van der Waals surface area contributed by atoms with Gasteiger partial charge in [0.15, 0.2) is 17.1 Å². The van der Waals surface area contributed by atoms with Crippen LogP contribution in [0.2, 0.25) is 0 Å². The minimum atomic E-state index is -2.78. The van der Waals surface area contributed by atoms with Crippen molar-refractivity contribution in [3.63, 3.8) is 0 Å². The molecule has 0 saturated heterocycles. The number of anilines is 2. The number of rotatable bonds is 5. The molecular formula is C26H30ClN5O9. The summed E-state index contributed by atoms with van der Waals surface area (Å²) in [6, 6.07) is -0.800. The molecule has 1 aromatic carbocycles. The van der Waals surface area contributed by atoms with Crippen molar-refractivity contribution in [2.75, 3.05) is 44.3 Å². The number of primary amides is 1. The maximum Gasteiger partial charge on any atom is 0.326 e. The molecule has 3 aliphatic carbocycles. The summed E-state index contributed by atoms with van der Waals surface area (Å²) < 4.78 is 0. The molecule has 4 rings (SSSR count). The number of phenols is 1. The number of amides is 4. The zero-order valence-corrected chi connectivity index (χ0v) is 23.4. The normalized spacial score (nSPS) is 25.4. The second-order valence-electron chi connectivity index (χ2n) is 10.6. The average molecular weight is 592 g/mol. The van der Waals surface area contributed by atoms with E-state index in [4.69, 9.17) is 17.3 Å². The number of hydrogen-bond acceptors (Lipinski definition) is 11. The van der Waals surface area contributed by atoms with Gasteiger partial charge in [0.05, 0.1) is 17.3 Å². The van der Waals surface area contributed by atoms with Crippen LogP contribution >= 0.6 is 11.6 Å². The van der Waals surface area contributed by atoms with E-state index in [9.17, 15) is 44.4 Å². The molecule has 1 saturated carbocycles. The number of nitrogens with zero attached hydrogens (tertiary/aromatic N) is 2. The monoisotopic (exact) mass is 591 g/mol. The smallest absolute Gasteiger partial charge is 0.326 e. The van der Waals surface area contributed by atoms with Crippen molar-refractivity contribution in [2.24, 2.45) is 17.6 Å². The number of aliphatic hydroxyl groups excluding tert-OH is 2. The van der Waals surface area contributed by atoms with Crippen LogP contribution in [0.1, 0.15) is 17.5 Å². The maximum absolute atomic E-state index is 14.0. The molecule has 0 aliphatic heterocycles. The van der Waals surface area contributed by atoms with Crippen LogP contribution in [0.25, 0.3) is 5.76 Å². The number of nitrogens with one attached hydrogen (secondary N) is 2. The van der Waals surface area contributed by atoms with E-state index in [0.29, 0.717) is 11.3 Å². The van der Waals surface area contributed by atoms with Gasteiger partial charge in [0.1, 0.15) is 23.0 Å². The highest BCUT2D eigenvalue weighted by molar-refractivity contribution is 6.28. The molecule has 1 aromatic rings. The minimum absolute atomic E-state index is 0.0623. The van der Waals surface area contributed by atoms with Gasteiger partial charge in [-0.3, -0.25) is 29.4 Å². The van der Waals surface area contributed by atoms with Gasteiger partial charge in [0.25, 0.3) is 5.91 Å². The van der Waals surface area contributed by atoms with Gasteiger partial charge in [-0.05, 0) is 44.5 Å². The molecule has 4 atom stereocenters. The Morgan fingerprint density at radius 2 is 1.78 bits per heavy atom. The third-order valence-electron chi connectivity index (χ3n) is 7.80. The molecule has 0 spiro atoms. The number of benzene rings is 1. The fourth-order valence-corrected chi connectivity index (χ4v) is 6.17. The van der Waals surface area contributed by atoms with Crippen molar-refractivity contribution in [2.45, 2.75) is 24.5 Å². The predicted octanol–water partition coefficient (Wildman–Crippen LogP) is -0.0831. The summed E-state index contributed by atoms with van der Waals surface area (Å²) in [7, 11) is 6.37. The van der Waals surface area contributed by atoms with Crippen LogP contribution in [0, 0.1) is 11.8 Å². The molecule has 0 heterocycles. The van der Waals surface area contributed by atoms with Crippen LogP contribution in [-0.2, 0) is 25.6 Å². The van der Waals surface area contributed by atoms with E-state index in [2.05, 4.69) is 5.32 Å². The lowest BCUT2D eigenvalue weighted by atomic mass is 9.57. The Kier molecular flexibility index (Phi) is 7.54. The first-order chi connectivity index (χ1) is 19.1. The zero-order valence-electron chi connectivity index (χ0n) is 22.6. The van der Waals surface area contributed by atoms with Crippen LogP contribution in [0.4, 0.5) is 16.2 Å². The Hall–Kier alpha value is -4.14. The number of aliphatic hydroxyl groups is 3. The van der Waals surface area contributed by atoms with E-state index in [1.165, 1.54) is 25.1 Å². The number of nitrogens with two attached hydrogens (primary N) is 1. The summed E-state index contributed by atoms with van der Waals surface area (Å²) in [4.78, 5) is 66.1. The number of ketones is 2. The predicted molar refractivity (Wildman–Crippen MR) is 146 cm³/mol. The molecule has 0 bridgehead atoms. The van der Waals surface area contributed by atoms with Crippen molar-refractivity contribution in [3.05, 3.63) is 34.1 Å². The number of aromatic hydroxyl groups is 1. The number of carbonyl (C=O) groups excluding carboxylic acids is 5. The second-order valence-corrected chi connectivity index (χ2v) is 10.9. The lowest BCUT2D eigenvalue weighted by molar-refractivity contribution is -0.153. The fraction of sp³-hybridized carbons (Fsp3) is 0.423. The molecule has 0 radical (unpaired) electrons.